The van der Waals surface area contributed by atoms with Crippen LogP contribution >= 0.6 is 0 Å². The van der Waals surface area contributed by atoms with Crippen molar-refractivity contribution in [2.75, 3.05) is 13.7 Å². The van der Waals surface area contributed by atoms with Crippen molar-refractivity contribution in [3.8, 4) is 5.75 Å². The minimum atomic E-state index is 0. The van der Waals surface area contributed by atoms with Gasteiger partial charge in [-0.15, -0.1) is 0 Å². The first kappa shape index (κ1) is 11.9. The molecule has 4 heteroatoms. The summed E-state index contributed by atoms with van der Waals surface area (Å²) in [6, 6.07) is 6.10. The maximum Gasteiger partial charge on any atom is 0.120 e. The van der Waals surface area contributed by atoms with Crippen molar-refractivity contribution in [2.24, 2.45) is 0 Å². The van der Waals surface area contributed by atoms with Crippen molar-refractivity contribution in [2.45, 2.75) is 6.42 Å². The van der Waals surface area contributed by atoms with E-state index in [4.69, 9.17) is 4.74 Å². The van der Waals surface area contributed by atoms with E-state index >= 15 is 0 Å². The molecule has 0 saturated carbocycles. The van der Waals surface area contributed by atoms with Crippen LogP contribution in [0.25, 0.3) is 10.9 Å². The number of H-pyrrole nitrogens is 1. The molecule has 1 aromatic carbocycles. The van der Waals surface area contributed by atoms with Gasteiger partial charge in [0, 0.05) is 29.6 Å². The second-order valence-electron chi connectivity index (χ2n) is 3.33. The molecule has 2 rings (SSSR count). The zero-order valence-corrected chi connectivity index (χ0v) is 9.47. The maximum atomic E-state index is 5.16. The van der Waals surface area contributed by atoms with Gasteiger partial charge in [0.15, 0.2) is 0 Å². The lowest BCUT2D eigenvalue weighted by atomic mass is 10.1. The van der Waals surface area contributed by atoms with Crippen molar-refractivity contribution >= 4 is 10.9 Å². The third kappa shape index (κ3) is 2.25. The highest BCUT2D eigenvalue weighted by molar-refractivity contribution is 5.84. The third-order valence-corrected chi connectivity index (χ3v) is 2.42. The van der Waals surface area contributed by atoms with Gasteiger partial charge in [-0.05, 0) is 17.7 Å². The molecule has 4 N–H and O–H groups in total. The maximum absolute atomic E-state index is 5.16. The van der Waals surface area contributed by atoms with Gasteiger partial charge in [-0.3, -0.25) is 0 Å². The number of hydrogen-bond acceptors (Lipinski definition) is 1. The highest BCUT2D eigenvalue weighted by Crippen LogP contribution is 2.23. The Kier molecular flexibility index (Phi) is 4.00. The number of aromatic nitrogens is 1. The van der Waals surface area contributed by atoms with Gasteiger partial charge in [0.25, 0.3) is 0 Å². The molecule has 82 valence electrons. The number of rotatable bonds is 3. The Labute approximate surface area is 95.0 Å². The number of methoxy groups -OCH3 is 1. The van der Waals surface area contributed by atoms with Gasteiger partial charge in [-0.25, -0.2) is 0 Å². The monoisotopic (exact) mass is 226 g/mol. The van der Waals surface area contributed by atoms with Crippen molar-refractivity contribution in [3.63, 3.8) is 0 Å². The molecule has 0 unspecified atom stereocenters. The van der Waals surface area contributed by atoms with E-state index < -0.39 is 0 Å². The summed E-state index contributed by atoms with van der Waals surface area (Å²) in [5.41, 5.74) is 6.33. The fraction of sp³-hybridized carbons (Fsp3) is 0.273. The zero-order valence-electron chi connectivity index (χ0n) is 8.72. The Balaban J connectivity index is 0.00000112. The van der Waals surface area contributed by atoms with E-state index in [1.54, 1.807) is 7.11 Å². The second kappa shape index (κ2) is 5.05. The lowest BCUT2D eigenvalue weighted by Gasteiger charge is -1.99. The molecule has 0 bridgehead atoms. The largest absolute Gasteiger partial charge is 1.00 e. The summed E-state index contributed by atoms with van der Waals surface area (Å²) in [4.78, 5) is 3.24. The first-order valence-electron chi connectivity index (χ1n) is 4.78. The Morgan fingerprint density at radius 3 is 2.87 bits per heavy atom. The van der Waals surface area contributed by atoms with Gasteiger partial charge < -0.3 is 27.9 Å². The lowest BCUT2D eigenvalue weighted by molar-refractivity contribution is -0.366. The van der Waals surface area contributed by atoms with E-state index in [1.807, 2.05) is 12.1 Å². The van der Waals surface area contributed by atoms with E-state index in [1.165, 1.54) is 10.9 Å². The second-order valence-corrected chi connectivity index (χ2v) is 3.33. The smallest absolute Gasteiger partial charge is 0.120 e. The van der Waals surface area contributed by atoms with Crippen LogP contribution in [0.15, 0.2) is 24.4 Å². The number of halogens is 1. The van der Waals surface area contributed by atoms with Crippen molar-refractivity contribution < 1.29 is 22.9 Å². The summed E-state index contributed by atoms with van der Waals surface area (Å²) in [5, 5.41) is 1.27. The fourth-order valence-electron chi connectivity index (χ4n) is 1.69. The van der Waals surface area contributed by atoms with Gasteiger partial charge in [-0.1, -0.05) is 0 Å². The summed E-state index contributed by atoms with van der Waals surface area (Å²) in [6.45, 7) is 0.930. The molecule has 0 atom stereocenters. The minimum Gasteiger partial charge on any atom is -1.00 e. The predicted octanol–water partition coefficient (Wildman–Crippen LogP) is -2.04. The average Bonchev–Trinajstić information content (AvgIpc) is 2.61. The summed E-state index contributed by atoms with van der Waals surface area (Å²) < 4.78 is 5.16. The predicted molar refractivity (Wildman–Crippen MR) is 56.3 cm³/mol. The average molecular weight is 227 g/mol. The number of quaternary nitrogens is 1. The Morgan fingerprint density at radius 1 is 1.40 bits per heavy atom. The molecule has 0 saturated heterocycles. The summed E-state index contributed by atoms with van der Waals surface area (Å²) in [7, 11) is 1.68. The molecular formula is C11H15ClN2O. The normalized spacial score (nSPS) is 10.0. The number of hydrogen-bond donors (Lipinski definition) is 2. The zero-order chi connectivity index (χ0) is 9.97. The molecule has 15 heavy (non-hydrogen) atoms. The number of ether oxygens (including phenoxy) is 1. The molecule has 0 aliphatic carbocycles. The Hall–Kier alpha value is -1.19. The molecule has 0 fully saturated rings. The molecule has 0 amide bonds. The van der Waals surface area contributed by atoms with Crippen LogP contribution in [0.3, 0.4) is 0 Å². The van der Waals surface area contributed by atoms with E-state index in [9.17, 15) is 0 Å². The van der Waals surface area contributed by atoms with Crippen LogP contribution < -0.4 is 22.9 Å². The summed E-state index contributed by atoms with van der Waals surface area (Å²) in [5.74, 6) is 0.889. The van der Waals surface area contributed by atoms with Gasteiger partial charge in [0.2, 0.25) is 0 Å². The number of fused-ring (bicyclic) bond motifs is 1. The van der Waals surface area contributed by atoms with Crippen LogP contribution in [0.1, 0.15) is 5.56 Å². The van der Waals surface area contributed by atoms with E-state index in [0.29, 0.717) is 0 Å². The summed E-state index contributed by atoms with van der Waals surface area (Å²) >= 11 is 0. The van der Waals surface area contributed by atoms with E-state index in [-0.39, 0.29) is 12.4 Å². The van der Waals surface area contributed by atoms with Crippen LogP contribution in [0, 0.1) is 0 Å². The Morgan fingerprint density at radius 2 is 2.20 bits per heavy atom. The first-order chi connectivity index (χ1) is 6.85. The molecule has 2 aromatic rings. The molecule has 1 heterocycles. The molecule has 1 aromatic heterocycles. The molecular weight excluding hydrogens is 212 g/mol. The van der Waals surface area contributed by atoms with E-state index in [2.05, 4.69) is 23.0 Å². The summed E-state index contributed by atoms with van der Waals surface area (Å²) in [6.07, 6.45) is 3.07. The minimum absolute atomic E-state index is 0. The fourth-order valence-corrected chi connectivity index (χ4v) is 1.69. The molecule has 0 radical (unpaired) electrons. The van der Waals surface area contributed by atoms with Crippen LogP contribution in [-0.4, -0.2) is 18.6 Å². The van der Waals surface area contributed by atoms with Gasteiger partial charge in [0.1, 0.15) is 5.75 Å². The van der Waals surface area contributed by atoms with Crippen LogP contribution in [0.4, 0.5) is 0 Å². The standard InChI is InChI=1S/C11H14N2O.ClH/c1-14-9-2-3-10-8(4-5-12)7-13-11(10)6-9;/h2-3,6-7,13H,4-5,12H2,1H3;1H. The van der Waals surface area contributed by atoms with Crippen LogP contribution in [-0.2, 0) is 6.42 Å². The van der Waals surface area contributed by atoms with Crippen molar-refractivity contribution in [1.29, 1.82) is 0 Å². The van der Waals surface area contributed by atoms with Gasteiger partial charge >= 0.3 is 0 Å². The molecule has 3 nitrogen and oxygen atoms in total. The quantitative estimate of drug-likeness (QED) is 0.623. The van der Waals surface area contributed by atoms with Crippen molar-refractivity contribution in [3.05, 3.63) is 30.0 Å². The number of aromatic amines is 1. The van der Waals surface area contributed by atoms with Crippen LogP contribution in [0.2, 0.25) is 0 Å². The van der Waals surface area contributed by atoms with Crippen molar-refractivity contribution in [1.82, 2.24) is 4.98 Å². The number of benzene rings is 1. The molecule has 0 aliphatic heterocycles. The topological polar surface area (TPSA) is 52.7 Å². The van der Waals surface area contributed by atoms with Gasteiger partial charge in [-0.2, -0.15) is 0 Å². The third-order valence-electron chi connectivity index (χ3n) is 2.42. The number of nitrogens with one attached hydrogen (secondary N) is 1. The lowest BCUT2D eigenvalue weighted by Crippen LogP contribution is -3.00. The SMILES string of the molecule is COc1ccc2c(CC[NH3+])c[nH]c2c1.[Cl-]. The van der Waals surface area contributed by atoms with Crippen LogP contribution in [0.5, 0.6) is 5.75 Å². The highest BCUT2D eigenvalue weighted by atomic mass is 35.5. The Bertz CT molecular complexity index is 439. The van der Waals surface area contributed by atoms with E-state index in [0.717, 1.165) is 24.2 Å². The molecule has 0 spiro atoms. The first-order valence-corrected chi connectivity index (χ1v) is 4.78. The highest BCUT2D eigenvalue weighted by Gasteiger charge is 2.03. The van der Waals surface area contributed by atoms with Gasteiger partial charge in [0.05, 0.1) is 13.7 Å². The molecule has 0 aliphatic rings.